The van der Waals surface area contributed by atoms with Gasteiger partial charge in [-0.25, -0.2) is 4.98 Å². The Hall–Kier alpha value is -0.950. The van der Waals surface area contributed by atoms with E-state index in [-0.39, 0.29) is 11.9 Å². The summed E-state index contributed by atoms with van der Waals surface area (Å²) in [6.45, 7) is 2.50. The number of nitrogens with zero attached hydrogens (tertiary/aromatic N) is 1. The minimum absolute atomic E-state index is 0.0331. The zero-order valence-electron chi connectivity index (χ0n) is 12.3. The van der Waals surface area contributed by atoms with Crippen molar-refractivity contribution in [2.24, 2.45) is 11.7 Å². The molecule has 1 aliphatic rings. The third kappa shape index (κ3) is 3.20. The van der Waals surface area contributed by atoms with E-state index in [1.807, 2.05) is 19.1 Å². The van der Waals surface area contributed by atoms with Crippen molar-refractivity contribution in [1.82, 2.24) is 10.3 Å². The van der Waals surface area contributed by atoms with Crippen LogP contribution in [-0.4, -0.2) is 23.5 Å². The average Bonchev–Trinajstić information content (AvgIpc) is 3.18. The van der Waals surface area contributed by atoms with E-state index in [9.17, 15) is 4.79 Å². The van der Waals surface area contributed by atoms with E-state index < -0.39 is 0 Å². The zero-order chi connectivity index (χ0) is 15.7. The van der Waals surface area contributed by atoms with Gasteiger partial charge >= 0.3 is 0 Å². The Morgan fingerprint density at radius 3 is 2.95 bits per heavy atom. The van der Waals surface area contributed by atoms with Crippen LogP contribution in [0.15, 0.2) is 12.1 Å². The monoisotopic (exact) mass is 355 g/mol. The molecule has 4 nitrogen and oxygen atoms in total. The topological polar surface area (TPSA) is 68.0 Å². The number of nitrogens with one attached hydrogen (secondary N) is 1. The molecule has 1 saturated carbocycles. The van der Waals surface area contributed by atoms with E-state index in [1.54, 1.807) is 0 Å². The van der Waals surface area contributed by atoms with Gasteiger partial charge in [-0.3, -0.25) is 4.79 Å². The van der Waals surface area contributed by atoms with Crippen molar-refractivity contribution in [3.8, 4) is 9.88 Å². The van der Waals surface area contributed by atoms with Crippen LogP contribution in [0.4, 0.5) is 0 Å². The van der Waals surface area contributed by atoms with Gasteiger partial charge in [0.15, 0.2) is 0 Å². The lowest BCUT2D eigenvalue weighted by molar-refractivity contribution is 0.0932. The first kappa shape index (κ1) is 15.9. The first-order chi connectivity index (χ1) is 10.6. The molecule has 1 aliphatic carbocycles. The number of hydrogen-bond donors (Lipinski definition) is 2. The predicted octanol–water partition coefficient (Wildman–Crippen LogP) is 3.69. The molecule has 0 bridgehead atoms. The molecular weight excluding hydrogens is 338 g/mol. The lowest BCUT2D eigenvalue weighted by atomic mass is 10.0. The van der Waals surface area contributed by atoms with Gasteiger partial charge in [0.25, 0.3) is 5.91 Å². The Morgan fingerprint density at radius 1 is 1.45 bits per heavy atom. The summed E-state index contributed by atoms with van der Waals surface area (Å²) >= 11 is 8.87. The summed E-state index contributed by atoms with van der Waals surface area (Å²) < 4.78 is 0.727. The largest absolute Gasteiger partial charge is 0.348 e. The Morgan fingerprint density at radius 2 is 2.27 bits per heavy atom. The average molecular weight is 356 g/mol. The molecule has 0 aliphatic heterocycles. The first-order valence-electron chi connectivity index (χ1n) is 7.32. The molecule has 3 N–H and O–H groups in total. The molecule has 22 heavy (non-hydrogen) atoms. The van der Waals surface area contributed by atoms with Crippen molar-refractivity contribution >= 4 is 40.2 Å². The number of rotatable bonds is 4. The molecule has 0 aromatic carbocycles. The number of carbonyl (C=O) groups excluding carboxylic acids is 1. The molecule has 7 heteroatoms. The fourth-order valence-corrected chi connectivity index (χ4v) is 4.95. The second-order valence-electron chi connectivity index (χ2n) is 5.54. The summed E-state index contributed by atoms with van der Waals surface area (Å²) in [5.74, 6) is 0.363. The highest BCUT2D eigenvalue weighted by molar-refractivity contribution is 7.24. The summed E-state index contributed by atoms with van der Waals surface area (Å²) in [6.07, 6.45) is 3.24. The van der Waals surface area contributed by atoms with Crippen LogP contribution in [-0.2, 0) is 0 Å². The van der Waals surface area contributed by atoms with Gasteiger partial charge in [0, 0.05) is 6.04 Å². The molecule has 1 amide bonds. The second-order valence-corrected chi connectivity index (χ2v) is 8.26. The molecule has 3 rings (SSSR count). The number of amides is 1. The molecule has 1 fully saturated rings. The van der Waals surface area contributed by atoms with Gasteiger partial charge in [0.2, 0.25) is 0 Å². The second kappa shape index (κ2) is 6.66. The summed E-state index contributed by atoms with van der Waals surface area (Å²) in [6, 6.07) is 3.98. The fraction of sp³-hybridized carbons (Fsp3) is 0.467. The molecule has 2 atom stereocenters. The normalized spacial score (nSPS) is 21.2. The number of halogens is 1. The molecular formula is C15H18ClN3OS2. The zero-order valence-corrected chi connectivity index (χ0v) is 14.7. The van der Waals surface area contributed by atoms with Gasteiger partial charge in [0.1, 0.15) is 9.88 Å². The van der Waals surface area contributed by atoms with Gasteiger partial charge in [0.05, 0.1) is 14.9 Å². The number of nitrogens with two attached hydrogens (primary N) is 1. The van der Waals surface area contributed by atoms with Crippen LogP contribution in [0, 0.1) is 12.8 Å². The fourth-order valence-electron chi connectivity index (χ4n) is 2.88. The van der Waals surface area contributed by atoms with Crippen molar-refractivity contribution in [1.29, 1.82) is 0 Å². The van der Waals surface area contributed by atoms with E-state index in [1.165, 1.54) is 22.7 Å². The van der Waals surface area contributed by atoms with Crippen molar-refractivity contribution in [3.05, 3.63) is 27.0 Å². The molecule has 2 heterocycles. The molecule has 2 unspecified atom stereocenters. The molecule has 0 saturated heterocycles. The highest BCUT2D eigenvalue weighted by Crippen LogP contribution is 2.35. The molecule has 2 aromatic heterocycles. The van der Waals surface area contributed by atoms with Crippen LogP contribution in [0.1, 0.15) is 34.6 Å². The van der Waals surface area contributed by atoms with Gasteiger partial charge in [-0.2, -0.15) is 0 Å². The first-order valence-corrected chi connectivity index (χ1v) is 9.33. The van der Waals surface area contributed by atoms with E-state index in [4.69, 9.17) is 17.3 Å². The number of thiazole rings is 1. The summed E-state index contributed by atoms with van der Waals surface area (Å²) in [5, 5.41) is 3.98. The van der Waals surface area contributed by atoms with Crippen LogP contribution < -0.4 is 11.1 Å². The summed E-state index contributed by atoms with van der Waals surface area (Å²) in [7, 11) is 0. The molecule has 2 aromatic rings. The molecule has 0 spiro atoms. The Bertz CT molecular complexity index is 682. The van der Waals surface area contributed by atoms with Crippen molar-refractivity contribution in [2.75, 3.05) is 6.54 Å². The third-order valence-electron chi connectivity index (χ3n) is 4.07. The third-order valence-corrected chi connectivity index (χ3v) is 6.62. The van der Waals surface area contributed by atoms with Gasteiger partial charge in [-0.1, -0.05) is 18.0 Å². The van der Waals surface area contributed by atoms with Crippen LogP contribution in [0.3, 0.4) is 0 Å². The lowest BCUT2D eigenvalue weighted by Crippen LogP contribution is -2.39. The number of hydrogen-bond acceptors (Lipinski definition) is 5. The van der Waals surface area contributed by atoms with Crippen molar-refractivity contribution < 1.29 is 4.79 Å². The Balaban J connectivity index is 1.77. The number of carbonyl (C=O) groups is 1. The van der Waals surface area contributed by atoms with Gasteiger partial charge < -0.3 is 11.1 Å². The highest BCUT2D eigenvalue weighted by Gasteiger charge is 2.28. The predicted molar refractivity (Wildman–Crippen MR) is 92.8 cm³/mol. The van der Waals surface area contributed by atoms with Crippen molar-refractivity contribution in [3.63, 3.8) is 0 Å². The maximum absolute atomic E-state index is 12.5. The van der Waals surface area contributed by atoms with Crippen LogP contribution in [0.2, 0.25) is 4.34 Å². The maximum atomic E-state index is 12.5. The molecule has 0 radical (unpaired) electrons. The lowest BCUT2D eigenvalue weighted by Gasteiger charge is -2.19. The van der Waals surface area contributed by atoms with E-state index in [0.29, 0.717) is 17.3 Å². The van der Waals surface area contributed by atoms with E-state index in [2.05, 4.69) is 10.3 Å². The molecule has 118 valence electrons. The van der Waals surface area contributed by atoms with Gasteiger partial charge in [-0.05, 0) is 44.4 Å². The van der Waals surface area contributed by atoms with E-state index in [0.717, 1.165) is 39.2 Å². The highest BCUT2D eigenvalue weighted by atomic mass is 35.5. The number of aryl methyl sites for hydroxylation is 1. The SMILES string of the molecule is Cc1nc(-c2ccc(Cl)s2)sc1C(=O)NC1CCCC1CN. The smallest absolute Gasteiger partial charge is 0.263 e. The summed E-state index contributed by atoms with van der Waals surface area (Å²) in [5.41, 5.74) is 6.55. The number of aromatic nitrogens is 1. The van der Waals surface area contributed by atoms with Crippen LogP contribution in [0.25, 0.3) is 9.88 Å². The Kier molecular flexibility index (Phi) is 4.82. The van der Waals surface area contributed by atoms with Crippen molar-refractivity contribution in [2.45, 2.75) is 32.2 Å². The standard InChI is InChI=1S/C15H18ClN3OS2/c1-8-13(14(20)19-10-4-2-3-9(10)7-17)22-15(18-8)11-5-6-12(16)21-11/h5-6,9-10H,2-4,7,17H2,1H3,(H,19,20). The van der Waals surface area contributed by atoms with Crippen LogP contribution in [0.5, 0.6) is 0 Å². The van der Waals surface area contributed by atoms with Crippen LogP contribution >= 0.6 is 34.3 Å². The Labute approximate surface area is 142 Å². The number of thiophene rings is 1. The maximum Gasteiger partial charge on any atom is 0.263 e. The summed E-state index contributed by atoms with van der Waals surface area (Å²) in [4.78, 5) is 18.7. The minimum atomic E-state index is -0.0331. The van der Waals surface area contributed by atoms with Gasteiger partial charge in [-0.15, -0.1) is 22.7 Å². The quantitative estimate of drug-likeness (QED) is 0.878. The van der Waals surface area contributed by atoms with E-state index >= 15 is 0 Å². The minimum Gasteiger partial charge on any atom is -0.348 e.